The first kappa shape index (κ1) is 26.8. The third-order valence-electron chi connectivity index (χ3n) is 9.05. The predicted octanol–water partition coefficient (Wildman–Crippen LogP) is 4.51. The number of likely N-dealkylation sites (tertiary alicyclic amines) is 1. The number of ether oxygens (including phenoxy) is 1. The van der Waals surface area contributed by atoms with E-state index in [0.717, 1.165) is 55.8 Å². The van der Waals surface area contributed by atoms with Crippen LogP contribution in [-0.4, -0.2) is 63.5 Å². The van der Waals surface area contributed by atoms with E-state index < -0.39 is 17.9 Å². The van der Waals surface area contributed by atoms with Crippen molar-refractivity contribution < 1.29 is 23.9 Å². The summed E-state index contributed by atoms with van der Waals surface area (Å²) >= 11 is 0. The van der Waals surface area contributed by atoms with Crippen LogP contribution in [0.2, 0.25) is 0 Å². The standard InChI is InChI=1S/C32H37N3O5/c1-31(2)12-13-32(40-31)14-16-34(17-15-32)20-22-8-6-21(7-9-22)19-33-25-5-3-4-24-28(25)30(39)35(29(24)38)26-11-10-23(36)18-27(26)37/h3-9,26,33H,10-20H2,1-2H3. The first-order valence-corrected chi connectivity index (χ1v) is 14.4. The van der Waals surface area contributed by atoms with E-state index in [0.29, 0.717) is 23.4 Å². The van der Waals surface area contributed by atoms with Crippen LogP contribution in [0.1, 0.15) is 90.6 Å². The summed E-state index contributed by atoms with van der Waals surface area (Å²) in [6.45, 7) is 7.90. The number of anilines is 1. The maximum Gasteiger partial charge on any atom is 0.264 e. The molecule has 3 fully saturated rings. The summed E-state index contributed by atoms with van der Waals surface area (Å²) in [7, 11) is 0. The fourth-order valence-electron chi connectivity index (χ4n) is 6.77. The number of amides is 2. The second-order valence-corrected chi connectivity index (χ2v) is 12.4. The summed E-state index contributed by atoms with van der Waals surface area (Å²) in [5, 5.41) is 3.33. The number of ketones is 2. The third kappa shape index (κ3) is 5.10. The Hall–Kier alpha value is -3.36. The van der Waals surface area contributed by atoms with Gasteiger partial charge in [-0.25, -0.2) is 0 Å². The first-order valence-electron chi connectivity index (χ1n) is 14.4. The van der Waals surface area contributed by atoms with Crippen molar-refractivity contribution >= 4 is 29.1 Å². The lowest BCUT2D eigenvalue weighted by molar-refractivity contribution is -0.132. The molecule has 6 rings (SSSR count). The molecule has 1 spiro atoms. The van der Waals surface area contributed by atoms with Gasteiger partial charge in [0.2, 0.25) is 0 Å². The summed E-state index contributed by atoms with van der Waals surface area (Å²) in [6, 6.07) is 12.8. The summed E-state index contributed by atoms with van der Waals surface area (Å²) in [5.41, 5.74) is 3.57. The zero-order valence-corrected chi connectivity index (χ0v) is 23.3. The summed E-state index contributed by atoms with van der Waals surface area (Å²) in [4.78, 5) is 54.1. The molecule has 8 heteroatoms. The molecular weight excluding hydrogens is 506 g/mol. The normalized spacial score (nSPS) is 24.1. The van der Waals surface area contributed by atoms with Crippen molar-refractivity contribution in [1.82, 2.24) is 9.80 Å². The predicted molar refractivity (Wildman–Crippen MR) is 150 cm³/mol. The highest BCUT2D eigenvalue weighted by Crippen LogP contribution is 2.43. The Morgan fingerprint density at radius 1 is 0.900 bits per heavy atom. The highest BCUT2D eigenvalue weighted by atomic mass is 16.5. The van der Waals surface area contributed by atoms with Crippen molar-refractivity contribution in [3.8, 4) is 0 Å². The maximum atomic E-state index is 13.3. The topological polar surface area (TPSA) is 96.0 Å². The van der Waals surface area contributed by atoms with Crippen LogP contribution < -0.4 is 5.32 Å². The Bertz CT molecular complexity index is 1360. The van der Waals surface area contributed by atoms with E-state index in [2.05, 4.69) is 48.3 Å². The molecule has 2 amide bonds. The number of benzene rings is 2. The van der Waals surface area contributed by atoms with Gasteiger partial charge in [0.15, 0.2) is 5.78 Å². The molecule has 1 unspecified atom stereocenters. The molecule has 2 aromatic rings. The molecule has 3 heterocycles. The van der Waals surface area contributed by atoms with Gasteiger partial charge in [-0.1, -0.05) is 30.3 Å². The number of Topliss-reactive ketones (excluding diaryl/α,β-unsaturated/α-hetero) is 2. The number of piperidine rings is 1. The second-order valence-electron chi connectivity index (χ2n) is 12.4. The molecule has 0 aromatic heterocycles. The Kier molecular flexibility index (Phi) is 6.87. The first-order chi connectivity index (χ1) is 19.1. The molecule has 0 radical (unpaired) electrons. The molecular formula is C32H37N3O5. The van der Waals surface area contributed by atoms with Crippen LogP contribution in [0.4, 0.5) is 5.69 Å². The van der Waals surface area contributed by atoms with E-state index in [1.807, 2.05) is 0 Å². The summed E-state index contributed by atoms with van der Waals surface area (Å²) in [6.07, 6.45) is 4.66. The highest BCUT2D eigenvalue weighted by molar-refractivity contribution is 6.25. The average Bonchev–Trinajstić information content (AvgIpc) is 3.37. The van der Waals surface area contributed by atoms with Crippen LogP contribution in [0.3, 0.4) is 0 Å². The fraction of sp³-hybridized carbons (Fsp3) is 0.500. The molecule has 1 saturated carbocycles. The number of carbonyl (C=O) groups excluding carboxylic acids is 4. The van der Waals surface area contributed by atoms with Gasteiger partial charge in [-0.05, 0) is 69.2 Å². The molecule has 1 N–H and O–H groups in total. The minimum atomic E-state index is -0.867. The van der Waals surface area contributed by atoms with E-state index in [1.54, 1.807) is 18.2 Å². The number of hydrogen-bond donors (Lipinski definition) is 1. The van der Waals surface area contributed by atoms with Gasteiger partial charge in [0.1, 0.15) is 5.78 Å². The van der Waals surface area contributed by atoms with Gasteiger partial charge in [-0.3, -0.25) is 29.0 Å². The number of nitrogens with zero attached hydrogens (tertiary/aromatic N) is 2. The van der Waals surface area contributed by atoms with Gasteiger partial charge >= 0.3 is 0 Å². The van der Waals surface area contributed by atoms with Crippen LogP contribution in [0.25, 0.3) is 0 Å². The molecule has 40 heavy (non-hydrogen) atoms. The third-order valence-corrected chi connectivity index (χ3v) is 9.05. The van der Waals surface area contributed by atoms with E-state index in [4.69, 9.17) is 4.74 Å². The smallest absolute Gasteiger partial charge is 0.264 e. The monoisotopic (exact) mass is 543 g/mol. The van der Waals surface area contributed by atoms with Crippen molar-refractivity contribution in [3.05, 3.63) is 64.7 Å². The highest BCUT2D eigenvalue weighted by Gasteiger charge is 2.46. The Balaban J connectivity index is 1.06. The quantitative estimate of drug-likeness (QED) is 0.423. The molecule has 2 saturated heterocycles. The molecule has 8 nitrogen and oxygen atoms in total. The number of fused-ring (bicyclic) bond motifs is 1. The lowest BCUT2D eigenvalue weighted by Crippen LogP contribution is -2.47. The lowest BCUT2D eigenvalue weighted by atomic mass is 9.88. The van der Waals surface area contributed by atoms with E-state index >= 15 is 0 Å². The second kappa shape index (κ2) is 10.2. The van der Waals surface area contributed by atoms with Crippen LogP contribution >= 0.6 is 0 Å². The molecule has 3 aliphatic heterocycles. The number of imide groups is 1. The Morgan fingerprint density at radius 3 is 2.30 bits per heavy atom. The molecule has 1 aliphatic carbocycles. The van der Waals surface area contributed by atoms with Crippen molar-refractivity contribution in [2.75, 3.05) is 18.4 Å². The molecule has 210 valence electrons. The number of carbonyl (C=O) groups is 4. The van der Waals surface area contributed by atoms with E-state index in [-0.39, 0.29) is 42.0 Å². The van der Waals surface area contributed by atoms with Crippen LogP contribution in [0.5, 0.6) is 0 Å². The van der Waals surface area contributed by atoms with Gasteiger partial charge in [0, 0.05) is 38.3 Å². The maximum absolute atomic E-state index is 13.3. The number of rotatable bonds is 6. The minimum Gasteiger partial charge on any atom is -0.380 e. The van der Waals surface area contributed by atoms with E-state index in [9.17, 15) is 19.2 Å². The zero-order valence-electron chi connectivity index (χ0n) is 23.3. The summed E-state index contributed by atoms with van der Waals surface area (Å²) in [5.74, 6) is -1.44. The van der Waals surface area contributed by atoms with Gasteiger partial charge in [-0.15, -0.1) is 0 Å². The zero-order chi connectivity index (χ0) is 28.1. The van der Waals surface area contributed by atoms with Crippen molar-refractivity contribution in [3.63, 3.8) is 0 Å². The minimum absolute atomic E-state index is 0.00411. The Morgan fingerprint density at radius 2 is 1.62 bits per heavy atom. The van der Waals surface area contributed by atoms with Gasteiger partial charge < -0.3 is 10.1 Å². The molecule has 2 aromatic carbocycles. The number of nitrogens with one attached hydrogen (secondary N) is 1. The van der Waals surface area contributed by atoms with Crippen molar-refractivity contribution in [2.45, 2.75) is 89.1 Å². The SMILES string of the molecule is CC1(C)CCC2(CCN(Cc3ccc(CNc4cccc5c4C(=O)N(C4CCC(=O)CC4=O)C5=O)cc3)CC2)O1. The fourth-order valence-corrected chi connectivity index (χ4v) is 6.77. The van der Waals surface area contributed by atoms with E-state index in [1.165, 1.54) is 5.56 Å². The average molecular weight is 544 g/mol. The van der Waals surface area contributed by atoms with Crippen LogP contribution in [0.15, 0.2) is 42.5 Å². The summed E-state index contributed by atoms with van der Waals surface area (Å²) < 4.78 is 6.44. The van der Waals surface area contributed by atoms with Crippen molar-refractivity contribution in [1.29, 1.82) is 0 Å². The van der Waals surface area contributed by atoms with Gasteiger partial charge in [0.25, 0.3) is 11.8 Å². The molecule has 1 atom stereocenters. The van der Waals surface area contributed by atoms with Crippen LogP contribution in [-0.2, 0) is 27.4 Å². The van der Waals surface area contributed by atoms with Gasteiger partial charge in [0.05, 0.1) is 34.8 Å². The van der Waals surface area contributed by atoms with Crippen LogP contribution in [0, 0.1) is 0 Å². The molecule has 4 aliphatic rings. The Labute approximate surface area is 235 Å². The molecule has 0 bridgehead atoms. The largest absolute Gasteiger partial charge is 0.380 e. The number of hydrogen-bond acceptors (Lipinski definition) is 7. The van der Waals surface area contributed by atoms with Crippen molar-refractivity contribution in [2.24, 2.45) is 0 Å². The van der Waals surface area contributed by atoms with Gasteiger partial charge in [-0.2, -0.15) is 0 Å². The lowest BCUT2D eigenvalue weighted by Gasteiger charge is -2.40.